The Bertz CT molecular complexity index is 1310. The van der Waals surface area contributed by atoms with Crippen LogP contribution >= 0.6 is 0 Å². The van der Waals surface area contributed by atoms with E-state index in [1.165, 1.54) is 33.4 Å². The zero-order chi connectivity index (χ0) is 26.6. The SMILES string of the molecule is CO[Si](OC)(OC)c1ccc(CNCc2ccc(/C=C/c3ccc(/C=C/c4cc[c-]cc4)cc3)cc2)cc1.[Y]. The van der Waals surface area contributed by atoms with E-state index in [9.17, 15) is 0 Å². The number of benzene rings is 4. The Labute approximate surface area is 259 Å². The van der Waals surface area contributed by atoms with Gasteiger partial charge in [0.1, 0.15) is 0 Å². The van der Waals surface area contributed by atoms with Gasteiger partial charge in [0.05, 0.1) is 0 Å². The molecular formula is C33H34NO3SiY-. The zero-order valence-corrected chi connectivity index (χ0v) is 26.6. The van der Waals surface area contributed by atoms with Crippen LogP contribution in [-0.4, -0.2) is 30.1 Å². The summed E-state index contributed by atoms with van der Waals surface area (Å²) in [6, 6.07) is 36.4. The fourth-order valence-electron chi connectivity index (χ4n) is 4.14. The first-order valence-electron chi connectivity index (χ1n) is 12.6. The second-order valence-electron chi connectivity index (χ2n) is 8.88. The van der Waals surface area contributed by atoms with Gasteiger partial charge in [0, 0.05) is 72.3 Å². The van der Waals surface area contributed by atoms with Crippen LogP contribution in [0.2, 0.25) is 0 Å². The van der Waals surface area contributed by atoms with Crippen LogP contribution in [0.1, 0.15) is 33.4 Å². The molecule has 0 aliphatic heterocycles. The smallest absolute Gasteiger partial charge is 0.373 e. The van der Waals surface area contributed by atoms with Crippen LogP contribution in [0, 0.1) is 6.07 Å². The van der Waals surface area contributed by atoms with Crippen LogP contribution in [-0.2, 0) is 59.1 Å². The summed E-state index contributed by atoms with van der Waals surface area (Å²) >= 11 is 0. The second kappa shape index (κ2) is 15.9. The van der Waals surface area contributed by atoms with E-state index in [0.717, 1.165) is 18.3 Å². The largest absolute Gasteiger partial charge is 0.536 e. The van der Waals surface area contributed by atoms with Gasteiger partial charge in [0.15, 0.2) is 0 Å². The molecule has 0 bridgehead atoms. The molecule has 39 heavy (non-hydrogen) atoms. The van der Waals surface area contributed by atoms with E-state index in [0.29, 0.717) is 0 Å². The van der Waals surface area contributed by atoms with Crippen LogP contribution in [0.25, 0.3) is 24.3 Å². The van der Waals surface area contributed by atoms with Crippen LogP contribution < -0.4 is 10.5 Å². The van der Waals surface area contributed by atoms with Crippen LogP contribution in [0.15, 0.2) is 97.1 Å². The summed E-state index contributed by atoms with van der Waals surface area (Å²) in [7, 11) is 2.09. The van der Waals surface area contributed by atoms with E-state index in [4.69, 9.17) is 13.3 Å². The molecule has 6 heteroatoms. The average Bonchev–Trinajstić information content (AvgIpc) is 2.99. The minimum atomic E-state index is -2.78. The quantitative estimate of drug-likeness (QED) is 0.118. The van der Waals surface area contributed by atoms with Crippen molar-refractivity contribution in [2.45, 2.75) is 13.1 Å². The first-order chi connectivity index (χ1) is 18.6. The molecule has 4 nitrogen and oxygen atoms in total. The Kier molecular flexibility index (Phi) is 12.7. The Balaban J connectivity index is 0.00000420. The standard InChI is InChI=1S/C33H34NO3Si.Y/c1-35-38(36-2,37-3)33-23-21-32(22-24-33)26-34-25-31-19-17-30(18-20-31)16-15-29-13-11-28(12-14-29)10-9-27-7-5-4-6-8-27;/h5-24,34H,25-26H2,1-3H3;/q-1;/b10-9+,16-15+;. The van der Waals surface area contributed by atoms with Crippen molar-refractivity contribution in [3.05, 3.63) is 137 Å². The molecule has 0 atom stereocenters. The van der Waals surface area contributed by atoms with E-state index in [1.807, 2.05) is 36.4 Å². The van der Waals surface area contributed by atoms with E-state index < -0.39 is 8.80 Å². The minimum Gasteiger partial charge on any atom is -0.373 e. The van der Waals surface area contributed by atoms with Gasteiger partial charge in [0.25, 0.3) is 0 Å². The number of hydrogen-bond donors (Lipinski definition) is 1. The molecule has 0 heterocycles. The molecule has 0 fully saturated rings. The second-order valence-corrected chi connectivity index (χ2v) is 11.8. The summed E-state index contributed by atoms with van der Waals surface area (Å²) < 4.78 is 16.7. The Morgan fingerprint density at radius 1 is 0.564 bits per heavy atom. The molecule has 0 saturated heterocycles. The molecular weight excluding hydrogens is 575 g/mol. The van der Waals surface area contributed by atoms with Gasteiger partial charge in [-0.1, -0.05) is 97.1 Å². The van der Waals surface area contributed by atoms with Gasteiger partial charge in [0.2, 0.25) is 0 Å². The average molecular weight is 610 g/mol. The Morgan fingerprint density at radius 3 is 1.33 bits per heavy atom. The van der Waals surface area contributed by atoms with Gasteiger partial charge in [-0.3, -0.25) is 0 Å². The Morgan fingerprint density at radius 2 is 0.923 bits per heavy atom. The fourth-order valence-corrected chi connectivity index (χ4v) is 5.92. The number of nitrogens with one attached hydrogen (secondary N) is 1. The third kappa shape index (κ3) is 9.02. The molecule has 197 valence electrons. The van der Waals surface area contributed by atoms with Crippen LogP contribution in [0.4, 0.5) is 0 Å². The van der Waals surface area contributed by atoms with E-state index >= 15 is 0 Å². The van der Waals surface area contributed by atoms with Crippen LogP contribution in [0.5, 0.6) is 0 Å². The van der Waals surface area contributed by atoms with Crippen molar-refractivity contribution >= 4 is 38.3 Å². The normalized spacial score (nSPS) is 11.7. The van der Waals surface area contributed by atoms with Crippen molar-refractivity contribution in [2.24, 2.45) is 0 Å². The van der Waals surface area contributed by atoms with Crippen molar-refractivity contribution in [1.29, 1.82) is 0 Å². The van der Waals surface area contributed by atoms with Gasteiger partial charge in [-0.05, 0) is 27.8 Å². The summed E-state index contributed by atoms with van der Waals surface area (Å²) in [4.78, 5) is 0. The molecule has 1 N–H and O–H groups in total. The molecule has 4 aromatic carbocycles. The fraction of sp³-hybridized carbons (Fsp3) is 0.152. The maximum absolute atomic E-state index is 5.55. The molecule has 0 aliphatic rings. The topological polar surface area (TPSA) is 39.7 Å². The van der Waals surface area contributed by atoms with Gasteiger partial charge in [-0.15, -0.1) is 5.56 Å². The van der Waals surface area contributed by atoms with Crippen molar-refractivity contribution in [3.8, 4) is 0 Å². The van der Waals surface area contributed by atoms with Gasteiger partial charge in [-0.25, -0.2) is 0 Å². The van der Waals surface area contributed by atoms with Gasteiger partial charge in [-0.2, -0.15) is 30.3 Å². The summed E-state index contributed by atoms with van der Waals surface area (Å²) in [5, 5.41) is 4.47. The molecule has 0 amide bonds. The van der Waals surface area contributed by atoms with E-state index in [-0.39, 0.29) is 32.7 Å². The molecule has 4 aromatic rings. The van der Waals surface area contributed by atoms with E-state index in [2.05, 4.69) is 96.4 Å². The predicted molar refractivity (Wildman–Crippen MR) is 159 cm³/mol. The molecule has 4 rings (SSSR count). The maximum Gasteiger partial charge on any atom is 0.536 e. The van der Waals surface area contributed by atoms with Crippen molar-refractivity contribution in [2.75, 3.05) is 21.3 Å². The first-order valence-corrected chi connectivity index (χ1v) is 14.3. The third-order valence-corrected chi connectivity index (χ3v) is 9.02. The van der Waals surface area contributed by atoms with Crippen molar-refractivity contribution in [3.63, 3.8) is 0 Å². The predicted octanol–water partition coefficient (Wildman–Crippen LogP) is 6.20. The van der Waals surface area contributed by atoms with Crippen molar-refractivity contribution in [1.82, 2.24) is 5.32 Å². The Hall–Kier alpha value is -2.48. The molecule has 1 radical (unpaired) electrons. The van der Waals surface area contributed by atoms with E-state index in [1.54, 1.807) is 21.3 Å². The number of hydrogen-bond acceptors (Lipinski definition) is 4. The summed E-state index contributed by atoms with van der Waals surface area (Å²) in [6.45, 7) is 1.58. The van der Waals surface area contributed by atoms with Crippen molar-refractivity contribution < 1.29 is 46.0 Å². The zero-order valence-electron chi connectivity index (χ0n) is 22.8. The maximum atomic E-state index is 5.55. The molecule has 0 aliphatic carbocycles. The van der Waals surface area contributed by atoms with Crippen LogP contribution in [0.3, 0.4) is 0 Å². The first kappa shape index (κ1) is 31.1. The molecule has 0 spiro atoms. The summed E-state index contributed by atoms with van der Waals surface area (Å²) in [5.41, 5.74) is 7.14. The monoisotopic (exact) mass is 609 g/mol. The molecule has 0 saturated carbocycles. The third-order valence-electron chi connectivity index (χ3n) is 6.37. The number of rotatable bonds is 12. The summed E-state index contributed by atoms with van der Waals surface area (Å²) in [5.74, 6) is 0. The summed E-state index contributed by atoms with van der Waals surface area (Å²) in [6.07, 6.45) is 8.53. The molecule has 0 unspecified atom stereocenters. The molecule has 0 aromatic heterocycles. The minimum absolute atomic E-state index is 0. The van der Waals surface area contributed by atoms with Gasteiger partial charge >= 0.3 is 8.80 Å². The van der Waals surface area contributed by atoms with Gasteiger partial charge < -0.3 is 18.6 Å².